The topological polar surface area (TPSA) is 90.0 Å². The molecule has 0 saturated carbocycles. The number of hydrogen-bond donors (Lipinski definition) is 0. The molecule has 0 aromatic carbocycles. The van der Waals surface area contributed by atoms with Gasteiger partial charge in [0.15, 0.2) is 10.8 Å². The van der Waals surface area contributed by atoms with Crippen molar-refractivity contribution >= 4 is 56.3 Å². The Bertz CT molecular complexity index is 624. The Morgan fingerprint density at radius 3 is 2.50 bits per heavy atom. The molecule has 2 heterocycles. The van der Waals surface area contributed by atoms with Crippen molar-refractivity contribution < 1.29 is 28.7 Å². The van der Waals surface area contributed by atoms with Crippen molar-refractivity contribution in [2.75, 3.05) is 6.79 Å². The third-order valence-corrected chi connectivity index (χ3v) is 6.98. The van der Waals surface area contributed by atoms with E-state index in [1.165, 1.54) is 33.4 Å². The van der Waals surface area contributed by atoms with Gasteiger partial charge in [0, 0.05) is 6.92 Å². The van der Waals surface area contributed by atoms with Crippen LogP contribution in [0.15, 0.2) is 9.93 Å². The molecular formula is C14H17NO6S3. The molecule has 7 nitrogen and oxygen atoms in total. The number of ether oxygens (including phenoxy) is 2. The van der Waals surface area contributed by atoms with Crippen LogP contribution in [0.25, 0.3) is 0 Å². The molecule has 0 radical (unpaired) electrons. The maximum absolute atomic E-state index is 12.3. The highest BCUT2D eigenvalue weighted by Crippen LogP contribution is 2.53. The van der Waals surface area contributed by atoms with Crippen molar-refractivity contribution in [3.63, 3.8) is 0 Å². The summed E-state index contributed by atoms with van der Waals surface area (Å²) in [5.74, 6) is -1.49. The quantitative estimate of drug-likeness (QED) is 0.310. The maximum atomic E-state index is 12.3. The monoisotopic (exact) mass is 391 g/mol. The second-order valence-corrected chi connectivity index (χ2v) is 9.90. The zero-order chi connectivity index (χ0) is 18.1. The first-order valence-corrected chi connectivity index (χ1v) is 10.1. The minimum Gasteiger partial charge on any atom is -0.427 e. The molecule has 0 aromatic heterocycles. The molecule has 0 bridgehead atoms. The lowest BCUT2D eigenvalue weighted by molar-refractivity contribution is -0.173. The van der Waals surface area contributed by atoms with Crippen LogP contribution >= 0.6 is 33.3 Å². The predicted molar refractivity (Wildman–Crippen MR) is 92.2 cm³/mol. The predicted octanol–water partition coefficient (Wildman–Crippen LogP) is 2.48. The minimum absolute atomic E-state index is 0.0482. The Labute approximate surface area is 151 Å². The molecule has 1 atom stereocenters. The SMILES string of the molecule is CC(=O)SC1=C(C(=O)OCOC(=O)C(C)(C)C)N2C(=O)CC2SS1. The van der Waals surface area contributed by atoms with Gasteiger partial charge in [-0.25, -0.2) is 4.79 Å². The van der Waals surface area contributed by atoms with Gasteiger partial charge in [0.1, 0.15) is 5.37 Å². The molecule has 1 fully saturated rings. The van der Waals surface area contributed by atoms with Crippen LogP contribution in [0.1, 0.15) is 34.1 Å². The summed E-state index contributed by atoms with van der Waals surface area (Å²) in [6.45, 7) is 5.88. The van der Waals surface area contributed by atoms with Crippen LogP contribution in [0, 0.1) is 5.41 Å². The Hall–Kier alpha value is -1.13. The fourth-order valence-electron chi connectivity index (χ4n) is 1.77. The van der Waals surface area contributed by atoms with Crippen molar-refractivity contribution in [1.82, 2.24) is 4.90 Å². The van der Waals surface area contributed by atoms with Crippen LogP contribution in [-0.2, 0) is 28.7 Å². The summed E-state index contributed by atoms with van der Waals surface area (Å²) in [5.41, 5.74) is -0.663. The van der Waals surface area contributed by atoms with Gasteiger partial charge in [-0.2, -0.15) is 0 Å². The lowest BCUT2D eigenvalue weighted by Crippen LogP contribution is -2.52. The van der Waals surface area contributed by atoms with Crippen molar-refractivity contribution in [3.05, 3.63) is 9.93 Å². The minimum atomic E-state index is -0.786. The van der Waals surface area contributed by atoms with E-state index in [0.717, 1.165) is 11.8 Å². The molecular weight excluding hydrogens is 374 g/mol. The van der Waals surface area contributed by atoms with Crippen LogP contribution < -0.4 is 0 Å². The molecule has 2 aliphatic heterocycles. The van der Waals surface area contributed by atoms with E-state index >= 15 is 0 Å². The molecule has 1 amide bonds. The van der Waals surface area contributed by atoms with Crippen LogP contribution in [-0.4, -0.2) is 40.0 Å². The molecule has 0 spiro atoms. The number of carbonyl (C=O) groups is 4. The molecule has 2 rings (SSSR count). The molecule has 0 N–H and O–H groups in total. The van der Waals surface area contributed by atoms with Crippen LogP contribution in [0.3, 0.4) is 0 Å². The van der Waals surface area contributed by atoms with Crippen LogP contribution in [0.4, 0.5) is 0 Å². The summed E-state index contributed by atoms with van der Waals surface area (Å²) in [6, 6.07) is 0. The van der Waals surface area contributed by atoms with Gasteiger partial charge in [0.25, 0.3) is 0 Å². The maximum Gasteiger partial charge on any atom is 0.359 e. The number of thioether (sulfide) groups is 1. The van der Waals surface area contributed by atoms with Crippen molar-refractivity contribution in [2.24, 2.45) is 5.41 Å². The van der Waals surface area contributed by atoms with Gasteiger partial charge in [0.2, 0.25) is 12.7 Å². The summed E-state index contributed by atoms with van der Waals surface area (Å²) in [4.78, 5) is 48.5. The number of rotatable bonds is 4. The Morgan fingerprint density at radius 1 is 1.29 bits per heavy atom. The van der Waals surface area contributed by atoms with Crippen LogP contribution in [0.2, 0.25) is 0 Å². The van der Waals surface area contributed by atoms with E-state index in [0.29, 0.717) is 10.7 Å². The zero-order valence-corrected chi connectivity index (χ0v) is 16.1. The largest absolute Gasteiger partial charge is 0.427 e. The molecule has 0 aromatic rings. The third-order valence-electron chi connectivity index (χ3n) is 3.00. The first-order chi connectivity index (χ1) is 11.1. The second kappa shape index (κ2) is 7.40. The highest BCUT2D eigenvalue weighted by Gasteiger charge is 2.47. The number of esters is 2. The number of nitrogens with zero attached hydrogens (tertiary/aromatic N) is 1. The Morgan fingerprint density at radius 2 is 1.96 bits per heavy atom. The number of β-lactam (4-membered cyclic amide) rings is 1. The smallest absolute Gasteiger partial charge is 0.359 e. The van der Waals surface area contributed by atoms with E-state index in [1.807, 2.05) is 0 Å². The molecule has 1 saturated heterocycles. The van der Waals surface area contributed by atoms with Gasteiger partial charge in [-0.3, -0.25) is 19.3 Å². The second-order valence-electron chi connectivity index (χ2n) is 6.06. The first-order valence-electron chi connectivity index (χ1n) is 7.03. The average Bonchev–Trinajstić information content (AvgIpc) is 2.45. The molecule has 24 heavy (non-hydrogen) atoms. The van der Waals surface area contributed by atoms with E-state index < -0.39 is 24.1 Å². The molecule has 2 aliphatic rings. The fourth-order valence-corrected chi connectivity index (χ4v) is 5.73. The Kier molecular flexibility index (Phi) is 5.92. The van der Waals surface area contributed by atoms with Crippen molar-refractivity contribution in [3.8, 4) is 0 Å². The van der Waals surface area contributed by atoms with E-state index in [-0.39, 0.29) is 22.1 Å². The highest BCUT2D eigenvalue weighted by molar-refractivity contribution is 8.80. The summed E-state index contributed by atoms with van der Waals surface area (Å²) in [5, 5.41) is -0.340. The van der Waals surface area contributed by atoms with E-state index in [9.17, 15) is 19.2 Å². The number of amides is 1. The van der Waals surface area contributed by atoms with Gasteiger partial charge >= 0.3 is 11.9 Å². The lowest BCUT2D eigenvalue weighted by Gasteiger charge is -2.43. The van der Waals surface area contributed by atoms with Gasteiger partial charge < -0.3 is 9.47 Å². The van der Waals surface area contributed by atoms with E-state index in [1.54, 1.807) is 20.8 Å². The van der Waals surface area contributed by atoms with Crippen molar-refractivity contribution in [1.29, 1.82) is 0 Å². The number of carbonyl (C=O) groups excluding carboxylic acids is 4. The van der Waals surface area contributed by atoms with E-state index in [2.05, 4.69) is 0 Å². The van der Waals surface area contributed by atoms with Gasteiger partial charge in [-0.1, -0.05) is 10.8 Å². The summed E-state index contributed by atoms with van der Waals surface area (Å²) >= 11 is 0.878. The summed E-state index contributed by atoms with van der Waals surface area (Å²) < 4.78 is 10.3. The van der Waals surface area contributed by atoms with Crippen LogP contribution in [0.5, 0.6) is 0 Å². The normalized spacial score (nSPS) is 20.2. The van der Waals surface area contributed by atoms with Gasteiger partial charge in [0.05, 0.1) is 16.1 Å². The number of fused-ring (bicyclic) bond motifs is 1. The average molecular weight is 391 g/mol. The molecule has 1 unspecified atom stereocenters. The summed E-state index contributed by atoms with van der Waals surface area (Å²) in [7, 11) is 2.69. The van der Waals surface area contributed by atoms with E-state index in [4.69, 9.17) is 9.47 Å². The van der Waals surface area contributed by atoms with Crippen molar-refractivity contribution in [2.45, 2.75) is 39.5 Å². The summed E-state index contributed by atoms with van der Waals surface area (Å²) in [6.07, 6.45) is 0.339. The third kappa shape index (κ3) is 4.28. The molecule has 132 valence electrons. The molecule has 10 heteroatoms. The standard InChI is InChI=1S/C14H17NO6S3/c1-7(16)22-12-10(15-8(17)5-9(15)23-24-12)11(18)20-6-21-13(19)14(2,3)4/h9H,5-6H2,1-4H3. The van der Waals surface area contributed by atoms with Gasteiger partial charge in [-0.05, 0) is 43.3 Å². The molecule has 0 aliphatic carbocycles. The fraction of sp³-hybridized carbons (Fsp3) is 0.571. The first kappa shape index (κ1) is 19.2. The Balaban J connectivity index is 2.08. The van der Waals surface area contributed by atoms with Gasteiger partial charge in [-0.15, -0.1) is 0 Å². The highest BCUT2D eigenvalue weighted by atomic mass is 33.1. The lowest BCUT2D eigenvalue weighted by atomic mass is 9.98. The zero-order valence-electron chi connectivity index (χ0n) is 13.6. The number of hydrogen-bond acceptors (Lipinski definition) is 9.